The van der Waals surface area contributed by atoms with E-state index in [1.54, 1.807) is 4.90 Å². The molecule has 0 aliphatic carbocycles. The van der Waals surface area contributed by atoms with Gasteiger partial charge < -0.3 is 15.0 Å². The van der Waals surface area contributed by atoms with Crippen molar-refractivity contribution in [2.24, 2.45) is 5.92 Å². The van der Waals surface area contributed by atoms with E-state index in [2.05, 4.69) is 5.32 Å². The van der Waals surface area contributed by atoms with Gasteiger partial charge in [-0.1, -0.05) is 12.1 Å². The van der Waals surface area contributed by atoms with E-state index in [-0.39, 0.29) is 30.7 Å². The van der Waals surface area contributed by atoms with Crippen molar-refractivity contribution >= 4 is 17.5 Å². The molecule has 0 aromatic heterocycles. The summed E-state index contributed by atoms with van der Waals surface area (Å²) in [5.74, 6) is -1.39. The van der Waals surface area contributed by atoms with Gasteiger partial charge in [-0.05, 0) is 25.0 Å². The zero-order valence-electron chi connectivity index (χ0n) is 13.5. The van der Waals surface area contributed by atoms with E-state index in [0.29, 0.717) is 13.2 Å². The van der Waals surface area contributed by atoms with Crippen LogP contribution in [0.1, 0.15) is 24.8 Å². The number of carbonyl (C=O) groups is 2. The number of nitrogens with zero attached hydrogens (tertiary/aromatic N) is 1. The van der Waals surface area contributed by atoms with Crippen LogP contribution in [0.15, 0.2) is 24.3 Å². The van der Waals surface area contributed by atoms with Gasteiger partial charge in [0, 0.05) is 26.1 Å². The summed E-state index contributed by atoms with van der Waals surface area (Å²) in [4.78, 5) is 26.0. The summed E-state index contributed by atoms with van der Waals surface area (Å²) in [6.07, 6.45) is -2.74. The van der Waals surface area contributed by atoms with Gasteiger partial charge in [-0.2, -0.15) is 13.2 Å². The Morgan fingerprint density at radius 3 is 2.76 bits per heavy atom. The zero-order valence-corrected chi connectivity index (χ0v) is 13.5. The summed E-state index contributed by atoms with van der Waals surface area (Å²) in [6.45, 7) is 1.31. The number of alkyl halides is 3. The molecule has 2 aliphatic rings. The van der Waals surface area contributed by atoms with Gasteiger partial charge in [-0.15, -0.1) is 0 Å². The lowest BCUT2D eigenvalue weighted by Crippen LogP contribution is -2.34. The number of hydrogen-bond acceptors (Lipinski definition) is 3. The maximum Gasteiger partial charge on any atom is 0.418 e. The van der Waals surface area contributed by atoms with Crippen molar-refractivity contribution in [1.29, 1.82) is 0 Å². The van der Waals surface area contributed by atoms with E-state index in [0.717, 1.165) is 18.9 Å². The van der Waals surface area contributed by atoms with E-state index < -0.39 is 23.6 Å². The Bertz CT molecular complexity index is 657. The first-order valence-corrected chi connectivity index (χ1v) is 8.21. The summed E-state index contributed by atoms with van der Waals surface area (Å²) in [5.41, 5.74) is -1.19. The minimum Gasteiger partial charge on any atom is -0.376 e. The molecule has 0 saturated carbocycles. The van der Waals surface area contributed by atoms with E-state index in [9.17, 15) is 22.8 Å². The van der Waals surface area contributed by atoms with Crippen LogP contribution in [0.5, 0.6) is 0 Å². The fourth-order valence-corrected chi connectivity index (χ4v) is 3.23. The number of likely N-dealkylation sites (tertiary alicyclic amines) is 1. The molecule has 0 spiro atoms. The van der Waals surface area contributed by atoms with Crippen LogP contribution in [0.3, 0.4) is 0 Å². The quantitative estimate of drug-likeness (QED) is 0.902. The Hall–Kier alpha value is -2.09. The number of nitrogens with one attached hydrogen (secondary N) is 1. The van der Waals surface area contributed by atoms with Gasteiger partial charge in [0.15, 0.2) is 0 Å². The largest absolute Gasteiger partial charge is 0.418 e. The van der Waals surface area contributed by atoms with Gasteiger partial charge in [0.25, 0.3) is 0 Å². The van der Waals surface area contributed by atoms with Crippen LogP contribution < -0.4 is 5.32 Å². The predicted octanol–water partition coefficient (Wildman–Crippen LogP) is 2.67. The molecule has 1 N–H and O–H groups in total. The number of carbonyl (C=O) groups excluding carboxylic acids is 2. The van der Waals surface area contributed by atoms with Gasteiger partial charge in [-0.25, -0.2) is 0 Å². The number of ether oxygens (including phenoxy) is 1. The molecule has 2 unspecified atom stereocenters. The third-order valence-electron chi connectivity index (χ3n) is 4.52. The van der Waals surface area contributed by atoms with Crippen molar-refractivity contribution < 1.29 is 27.5 Å². The molecule has 136 valence electrons. The third kappa shape index (κ3) is 4.12. The number of hydrogen-bond donors (Lipinski definition) is 1. The second-order valence-electron chi connectivity index (χ2n) is 6.37. The Morgan fingerprint density at radius 1 is 1.32 bits per heavy atom. The first kappa shape index (κ1) is 17.7. The maximum absolute atomic E-state index is 13.0. The molecule has 2 saturated heterocycles. The summed E-state index contributed by atoms with van der Waals surface area (Å²) in [5, 5.41) is 2.32. The maximum atomic E-state index is 13.0. The van der Waals surface area contributed by atoms with Crippen molar-refractivity contribution in [1.82, 2.24) is 4.90 Å². The fourth-order valence-electron chi connectivity index (χ4n) is 3.23. The molecule has 8 heteroatoms. The van der Waals surface area contributed by atoms with Crippen LogP contribution in [0.25, 0.3) is 0 Å². The minimum atomic E-state index is -4.55. The fraction of sp³-hybridized carbons (Fsp3) is 0.529. The van der Waals surface area contributed by atoms with Gasteiger partial charge in [0.1, 0.15) is 0 Å². The molecular formula is C17H19F3N2O3. The molecule has 3 rings (SSSR count). The summed E-state index contributed by atoms with van der Waals surface area (Å²) < 4.78 is 44.5. The lowest BCUT2D eigenvalue weighted by molar-refractivity contribution is -0.137. The minimum absolute atomic E-state index is 0.00668. The molecule has 1 aromatic carbocycles. The van der Waals surface area contributed by atoms with Crippen LogP contribution in [-0.2, 0) is 20.5 Å². The molecule has 5 nitrogen and oxygen atoms in total. The van der Waals surface area contributed by atoms with Crippen molar-refractivity contribution in [3.05, 3.63) is 29.8 Å². The summed E-state index contributed by atoms with van der Waals surface area (Å²) in [7, 11) is 0. The van der Waals surface area contributed by atoms with Crippen LogP contribution >= 0.6 is 0 Å². The Morgan fingerprint density at radius 2 is 2.08 bits per heavy atom. The van der Waals surface area contributed by atoms with Crippen LogP contribution in [0, 0.1) is 5.92 Å². The van der Waals surface area contributed by atoms with E-state index in [1.165, 1.54) is 18.2 Å². The zero-order chi connectivity index (χ0) is 18.0. The molecule has 2 amide bonds. The van der Waals surface area contributed by atoms with Crippen molar-refractivity contribution in [2.75, 3.05) is 25.0 Å². The molecule has 25 heavy (non-hydrogen) atoms. The molecule has 2 aliphatic heterocycles. The van der Waals surface area contributed by atoms with Crippen LogP contribution in [0.4, 0.5) is 18.9 Å². The molecular weight excluding hydrogens is 337 g/mol. The molecule has 1 aromatic rings. The number of anilines is 1. The van der Waals surface area contributed by atoms with E-state index in [4.69, 9.17) is 4.74 Å². The number of benzene rings is 1. The lowest BCUT2D eigenvalue weighted by atomic mass is 10.1. The number of halogens is 3. The van der Waals surface area contributed by atoms with Crippen molar-refractivity contribution in [3.8, 4) is 0 Å². The van der Waals surface area contributed by atoms with Gasteiger partial charge in [0.05, 0.1) is 23.3 Å². The lowest BCUT2D eigenvalue weighted by Gasteiger charge is -2.20. The first-order valence-electron chi connectivity index (χ1n) is 8.21. The highest BCUT2D eigenvalue weighted by atomic mass is 19.4. The van der Waals surface area contributed by atoms with Crippen molar-refractivity contribution in [2.45, 2.75) is 31.5 Å². The number of amides is 2. The molecule has 2 atom stereocenters. The third-order valence-corrected chi connectivity index (χ3v) is 4.52. The van der Waals surface area contributed by atoms with Crippen LogP contribution in [-0.4, -0.2) is 42.5 Å². The second-order valence-corrected chi connectivity index (χ2v) is 6.37. The smallest absolute Gasteiger partial charge is 0.376 e. The molecule has 2 fully saturated rings. The highest BCUT2D eigenvalue weighted by molar-refractivity contribution is 5.97. The Balaban J connectivity index is 1.63. The molecule has 2 heterocycles. The second kappa shape index (κ2) is 7.03. The van der Waals surface area contributed by atoms with E-state index >= 15 is 0 Å². The average molecular weight is 356 g/mol. The summed E-state index contributed by atoms with van der Waals surface area (Å²) >= 11 is 0. The Labute approximate surface area is 143 Å². The van der Waals surface area contributed by atoms with Gasteiger partial charge >= 0.3 is 6.18 Å². The monoisotopic (exact) mass is 356 g/mol. The summed E-state index contributed by atoms with van der Waals surface area (Å²) in [6, 6.07) is 4.82. The number of para-hydroxylation sites is 1. The SMILES string of the molecule is O=C(Nc1ccccc1C(F)(F)F)C1CC(=O)N(CC2CCCO2)C1. The first-order chi connectivity index (χ1) is 11.8. The standard InChI is InChI=1S/C17H19F3N2O3/c18-17(19,20)13-5-1-2-6-14(13)21-16(24)11-8-15(23)22(9-11)10-12-4-3-7-25-12/h1-2,5-6,11-12H,3-4,7-10H2,(H,21,24). The predicted molar refractivity (Wildman–Crippen MR) is 83.7 cm³/mol. The molecule has 0 bridgehead atoms. The number of rotatable bonds is 4. The van der Waals surface area contributed by atoms with Gasteiger partial charge in [0.2, 0.25) is 11.8 Å². The van der Waals surface area contributed by atoms with Gasteiger partial charge in [-0.3, -0.25) is 9.59 Å². The van der Waals surface area contributed by atoms with E-state index in [1.807, 2.05) is 0 Å². The average Bonchev–Trinajstić information content (AvgIpc) is 3.18. The van der Waals surface area contributed by atoms with Crippen molar-refractivity contribution in [3.63, 3.8) is 0 Å². The normalized spacial score (nSPS) is 24.0. The Kier molecular flexibility index (Phi) is 4.99. The van der Waals surface area contributed by atoms with Crippen LogP contribution in [0.2, 0.25) is 0 Å². The topological polar surface area (TPSA) is 58.6 Å². The highest BCUT2D eigenvalue weighted by Crippen LogP contribution is 2.35. The highest BCUT2D eigenvalue weighted by Gasteiger charge is 2.38. The molecule has 0 radical (unpaired) electrons.